The van der Waals surface area contributed by atoms with Crippen molar-refractivity contribution >= 4 is 17.6 Å². The number of carbonyl (C=O) groups excluding carboxylic acids is 1. The molecule has 7 heteroatoms. The molecule has 0 unspecified atom stereocenters. The second-order valence-corrected chi connectivity index (χ2v) is 9.09. The van der Waals surface area contributed by atoms with Crippen molar-refractivity contribution in [3.8, 4) is 11.5 Å². The number of rotatable bonds is 4. The largest absolute Gasteiger partial charge is 0.486 e. The third kappa shape index (κ3) is 5.59. The van der Waals surface area contributed by atoms with Crippen molar-refractivity contribution in [1.29, 1.82) is 0 Å². The standard InChI is InChI=1S/C25H31N3O4/c1-25(2,3)18-8-6-17(7-9-18)23(29)28-24(26-16-20-5-4-12-30-20)27-19-10-11-21-22(15-19)32-14-13-31-21/h6-11,15,20H,4-5,12-14,16H2,1-3H3,(H2,26,27,28,29)/t20-/m0/s1. The lowest BCUT2D eigenvalue weighted by atomic mass is 9.87. The number of fused-ring (bicyclic) bond motifs is 1. The van der Waals surface area contributed by atoms with Crippen molar-refractivity contribution in [3.63, 3.8) is 0 Å². The van der Waals surface area contributed by atoms with Crippen molar-refractivity contribution in [2.24, 2.45) is 4.99 Å². The van der Waals surface area contributed by atoms with Gasteiger partial charge in [0.1, 0.15) is 13.2 Å². The minimum Gasteiger partial charge on any atom is -0.486 e. The first-order valence-electron chi connectivity index (χ1n) is 11.1. The van der Waals surface area contributed by atoms with Crippen molar-refractivity contribution in [3.05, 3.63) is 53.6 Å². The Hall–Kier alpha value is -3.06. The van der Waals surface area contributed by atoms with Gasteiger partial charge in [-0.25, -0.2) is 4.99 Å². The van der Waals surface area contributed by atoms with Gasteiger partial charge in [0.25, 0.3) is 5.91 Å². The molecule has 0 spiro atoms. The summed E-state index contributed by atoms with van der Waals surface area (Å²) >= 11 is 0. The van der Waals surface area contributed by atoms with E-state index >= 15 is 0 Å². The molecule has 4 rings (SSSR count). The predicted molar refractivity (Wildman–Crippen MR) is 125 cm³/mol. The molecule has 0 bridgehead atoms. The van der Waals surface area contributed by atoms with E-state index in [4.69, 9.17) is 14.2 Å². The molecule has 0 radical (unpaired) electrons. The topological polar surface area (TPSA) is 81.2 Å². The fraction of sp³-hybridized carbons (Fsp3) is 0.440. The summed E-state index contributed by atoms with van der Waals surface area (Å²) in [6.07, 6.45) is 2.09. The number of anilines is 1. The van der Waals surface area contributed by atoms with E-state index in [0.29, 0.717) is 42.8 Å². The molecule has 0 aliphatic carbocycles. The fourth-order valence-electron chi connectivity index (χ4n) is 3.65. The number of nitrogens with zero attached hydrogens (tertiary/aromatic N) is 1. The van der Waals surface area contributed by atoms with Crippen molar-refractivity contribution in [1.82, 2.24) is 5.32 Å². The van der Waals surface area contributed by atoms with E-state index < -0.39 is 0 Å². The van der Waals surface area contributed by atoms with Crippen LogP contribution >= 0.6 is 0 Å². The Kier molecular flexibility index (Phi) is 6.65. The second-order valence-electron chi connectivity index (χ2n) is 9.09. The summed E-state index contributed by atoms with van der Waals surface area (Å²) in [6.45, 7) is 8.74. The minimum absolute atomic E-state index is 0.0305. The third-order valence-corrected chi connectivity index (χ3v) is 5.53. The van der Waals surface area contributed by atoms with E-state index in [1.165, 1.54) is 5.56 Å². The smallest absolute Gasteiger partial charge is 0.257 e. The number of benzene rings is 2. The van der Waals surface area contributed by atoms with Crippen LogP contribution < -0.4 is 20.1 Å². The highest BCUT2D eigenvalue weighted by molar-refractivity contribution is 6.10. The Morgan fingerprint density at radius 2 is 1.78 bits per heavy atom. The number of amides is 1. The van der Waals surface area contributed by atoms with Gasteiger partial charge in [-0.3, -0.25) is 10.1 Å². The Balaban J connectivity index is 1.50. The third-order valence-electron chi connectivity index (χ3n) is 5.53. The highest BCUT2D eigenvalue weighted by Crippen LogP contribution is 2.32. The number of aliphatic imine (C=N–C) groups is 1. The maximum absolute atomic E-state index is 12.9. The molecule has 2 heterocycles. The highest BCUT2D eigenvalue weighted by Gasteiger charge is 2.18. The summed E-state index contributed by atoms with van der Waals surface area (Å²) in [5.41, 5.74) is 2.54. The number of guanidine groups is 1. The van der Waals surface area contributed by atoms with Crippen LogP contribution in [0.2, 0.25) is 0 Å². The first-order chi connectivity index (χ1) is 15.4. The summed E-state index contributed by atoms with van der Waals surface area (Å²) in [5, 5.41) is 6.13. The SMILES string of the molecule is CC(C)(C)c1ccc(C(=O)NC(=NC[C@@H]2CCCO2)Nc2ccc3c(c2)OCCO3)cc1. The van der Waals surface area contributed by atoms with Crippen LogP contribution in [-0.4, -0.2) is 44.3 Å². The number of hydrogen-bond acceptors (Lipinski definition) is 5. The summed E-state index contributed by atoms with van der Waals surface area (Å²) in [6, 6.07) is 13.2. The summed E-state index contributed by atoms with van der Waals surface area (Å²) in [4.78, 5) is 17.5. The second kappa shape index (κ2) is 9.61. The lowest BCUT2D eigenvalue weighted by molar-refractivity contribution is 0.0975. The minimum atomic E-state index is -0.221. The van der Waals surface area contributed by atoms with Crippen LogP contribution in [-0.2, 0) is 10.2 Å². The average molecular weight is 438 g/mol. The van der Waals surface area contributed by atoms with E-state index in [-0.39, 0.29) is 17.4 Å². The van der Waals surface area contributed by atoms with Gasteiger partial charge in [0.15, 0.2) is 11.5 Å². The van der Waals surface area contributed by atoms with Crippen LogP contribution in [0.25, 0.3) is 0 Å². The summed E-state index contributed by atoms with van der Waals surface area (Å²) < 4.78 is 16.9. The van der Waals surface area contributed by atoms with Crippen molar-refractivity contribution in [2.45, 2.75) is 45.1 Å². The number of hydrogen-bond donors (Lipinski definition) is 2. The van der Waals surface area contributed by atoms with Gasteiger partial charge < -0.3 is 19.5 Å². The summed E-state index contributed by atoms with van der Waals surface area (Å²) in [5.74, 6) is 1.54. The molecule has 1 saturated heterocycles. The van der Waals surface area contributed by atoms with E-state index in [1.807, 2.05) is 42.5 Å². The molecule has 2 aromatic carbocycles. The van der Waals surface area contributed by atoms with E-state index in [0.717, 1.165) is 25.1 Å². The van der Waals surface area contributed by atoms with Crippen LogP contribution in [0.4, 0.5) is 5.69 Å². The van der Waals surface area contributed by atoms with E-state index in [1.54, 1.807) is 0 Å². The molecule has 1 amide bonds. The molecule has 2 aliphatic rings. The normalized spacial score (nSPS) is 18.3. The zero-order valence-electron chi connectivity index (χ0n) is 18.9. The average Bonchev–Trinajstić information content (AvgIpc) is 3.30. The number of carbonyl (C=O) groups is 1. The Morgan fingerprint density at radius 3 is 2.47 bits per heavy atom. The summed E-state index contributed by atoms with van der Waals surface area (Å²) in [7, 11) is 0. The molecule has 0 saturated carbocycles. The van der Waals surface area contributed by atoms with Gasteiger partial charge in [-0.15, -0.1) is 0 Å². The van der Waals surface area contributed by atoms with Gasteiger partial charge in [-0.1, -0.05) is 32.9 Å². The molecule has 1 fully saturated rings. The molecular weight excluding hydrogens is 406 g/mol. The maximum atomic E-state index is 12.9. The van der Waals surface area contributed by atoms with Gasteiger partial charge in [-0.2, -0.15) is 0 Å². The quantitative estimate of drug-likeness (QED) is 0.555. The Bertz CT molecular complexity index is 974. The van der Waals surface area contributed by atoms with Crippen LogP contribution in [0.5, 0.6) is 11.5 Å². The lowest BCUT2D eigenvalue weighted by Crippen LogP contribution is -2.36. The fourth-order valence-corrected chi connectivity index (χ4v) is 3.65. The molecule has 32 heavy (non-hydrogen) atoms. The first-order valence-corrected chi connectivity index (χ1v) is 11.1. The van der Waals surface area contributed by atoms with Crippen LogP contribution in [0.15, 0.2) is 47.5 Å². The van der Waals surface area contributed by atoms with E-state index in [2.05, 4.69) is 36.4 Å². The van der Waals surface area contributed by atoms with Crippen LogP contribution in [0.1, 0.15) is 49.5 Å². The molecule has 0 aromatic heterocycles. The molecule has 7 nitrogen and oxygen atoms in total. The van der Waals surface area contributed by atoms with Crippen molar-refractivity contribution < 1.29 is 19.0 Å². The Morgan fingerprint density at radius 1 is 1.03 bits per heavy atom. The van der Waals surface area contributed by atoms with Crippen LogP contribution in [0, 0.1) is 0 Å². The molecule has 1 atom stereocenters. The molecule has 170 valence electrons. The van der Waals surface area contributed by atoms with Crippen LogP contribution in [0.3, 0.4) is 0 Å². The molecule has 2 N–H and O–H groups in total. The van der Waals surface area contributed by atoms with E-state index in [9.17, 15) is 4.79 Å². The van der Waals surface area contributed by atoms with Gasteiger partial charge in [0.2, 0.25) is 5.96 Å². The Labute approximate surface area is 189 Å². The zero-order chi connectivity index (χ0) is 22.6. The van der Waals surface area contributed by atoms with Gasteiger partial charge >= 0.3 is 0 Å². The molecular formula is C25H31N3O4. The monoisotopic (exact) mass is 437 g/mol. The zero-order valence-corrected chi connectivity index (χ0v) is 18.9. The van der Waals surface area contributed by atoms with Gasteiger partial charge in [0.05, 0.1) is 12.6 Å². The highest BCUT2D eigenvalue weighted by atomic mass is 16.6. The first kappa shape index (κ1) is 22.1. The van der Waals surface area contributed by atoms with Gasteiger partial charge in [0, 0.05) is 23.9 Å². The maximum Gasteiger partial charge on any atom is 0.257 e. The number of ether oxygens (including phenoxy) is 3. The lowest BCUT2D eigenvalue weighted by Gasteiger charge is -2.20. The molecule has 2 aromatic rings. The van der Waals surface area contributed by atoms with Crippen molar-refractivity contribution in [2.75, 3.05) is 31.7 Å². The molecule has 2 aliphatic heterocycles. The van der Waals surface area contributed by atoms with Gasteiger partial charge in [-0.05, 0) is 48.1 Å². The number of nitrogens with one attached hydrogen (secondary N) is 2. The predicted octanol–water partition coefficient (Wildman–Crippen LogP) is 4.13.